The predicted molar refractivity (Wildman–Crippen MR) is 161 cm³/mol. The van der Waals surface area contributed by atoms with Crippen molar-refractivity contribution in [3.05, 3.63) is 102 Å². The van der Waals surface area contributed by atoms with Crippen LogP contribution >= 0.6 is 0 Å². The van der Waals surface area contributed by atoms with E-state index in [9.17, 15) is 27.9 Å². The molecule has 0 aliphatic carbocycles. The lowest BCUT2D eigenvalue weighted by molar-refractivity contribution is -0.139. The van der Waals surface area contributed by atoms with E-state index in [0.29, 0.717) is 18.0 Å². The van der Waals surface area contributed by atoms with Gasteiger partial charge in [-0.2, -0.15) is 13.2 Å². The molecule has 1 unspecified atom stereocenters. The summed E-state index contributed by atoms with van der Waals surface area (Å²) in [6, 6.07) is 17.1. The minimum Gasteiger partial charge on any atom is -0.494 e. The number of carbonyl (C=O) groups excluding carboxylic acids is 1. The zero-order valence-corrected chi connectivity index (χ0v) is 24.3. The van der Waals surface area contributed by atoms with Gasteiger partial charge in [-0.05, 0) is 53.9 Å². The van der Waals surface area contributed by atoms with Gasteiger partial charge in [-0.25, -0.2) is 14.8 Å². The molecule has 230 valence electrons. The van der Waals surface area contributed by atoms with Crippen LogP contribution in [0.15, 0.2) is 85.2 Å². The minimum atomic E-state index is -4.54. The maximum Gasteiger partial charge on any atom is 0.416 e. The molecule has 7 nitrogen and oxygen atoms in total. The molecule has 1 aromatic heterocycles. The highest BCUT2D eigenvalue weighted by atomic mass is 19.4. The van der Waals surface area contributed by atoms with Crippen LogP contribution in [0.25, 0.3) is 22.5 Å². The highest BCUT2D eigenvalue weighted by Gasteiger charge is 2.30. The fourth-order valence-electron chi connectivity index (χ4n) is 4.54. The van der Waals surface area contributed by atoms with Crippen LogP contribution in [-0.2, 0) is 17.4 Å². The number of alkyl halides is 3. The van der Waals surface area contributed by atoms with E-state index in [1.807, 2.05) is 24.3 Å². The van der Waals surface area contributed by atoms with Gasteiger partial charge in [0, 0.05) is 35.5 Å². The number of amides is 1. The zero-order valence-electron chi connectivity index (χ0n) is 24.3. The van der Waals surface area contributed by atoms with Crippen LogP contribution in [-0.4, -0.2) is 39.6 Å². The Labute approximate surface area is 254 Å². The van der Waals surface area contributed by atoms with E-state index < -0.39 is 29.7 Å². The molecule has 1 atom stereocenters. The number of rotatable bonds is 14. The number of halogens is 3. The molecule has 0 aliphatic rings. The first-order valence-electron chi connectivity index (χ1n) is 14.5. The Bertz CT molecular complexity index is 1510. The van der Waals surface area contributed by atoms with Gasteiger partial charge < -0.3 is 15.2 Å². The van der Waals surface area contributed by atoms with Gasteiger partial charge in [0.25, 0.3) is 5.91 Å². The largest absolute Gasteiger partial charge is 0.494 e. The zero-order chi connectivity index (χ0) is 31.5. The number of nitrogens with zero attached hydrogens (tertiary/aromatic N) is 2. The van der Waals surface area contributed by atoms with E-state index in [0.717, 1.165) is 53.1 Å². The molecule has 1 heterocycles. The smallest absolute Gasteiger partial charge is 0.416 e. The van der Waals surface area contributed by atoms with Gasteiger partial charge >= 0.3 is 12.1 Å². The second kappa shape index (κ2) is 15.1. The second-order valence-electron chi connectivity index (χ2n) is 10.4. The topological polar surface area (TPSA) is 101 Å². The highest BCUT2D eigenvalue weighted by Crippen LogP contribution is 2.29. The van der Waals surface area contributed by atoms with Gasteiger partial charge in [-0.15, -0.1) is 0 Å². The van der Waals surface area contributed by atoms with Gasteiger partial charge in [0.2, 0.25) is 0 Å². The van der Waals surface area contributed by atoms with E-state index in [-0.39, 0.29) is 12.0 Å². The number of hydrogen-bond acceptors (Lipinski definition) is 5. The molecule has 3 aromatic carbocycles. The summed E-state index contributed by atoms with van der Waals surface area (Å²) in [4.78, 5) is 33.3. The second-order valence-corrected chi connectivity index (χ2v) is 10.4. The third kappa shape index (κ3) is 9.13. The van der Waals surface area contributed by atoms with Crippen LogP contribution in [0.5, 0.6) is 5.75 Å². The summed E-state index contributed by atoms with van der Waals surface area (Å²) in [6.07, 6.45) is 4.84. The molecule has 0 fully saturated rings. The molecule has 4 aromatic rings. The Morgan fingerprint density at radius 3 is 2.02 bits per heavy atom. The summed E-state index contributed by atoms with van der Waals surface area (Å²) in [5.74, 6) is -0.730. The number of ether oxygens (including phenoxy) is 1. The number of carboxylic acid groups (broad SMARTS) is 1. The Kier molecular flexibility index (Phi) is 11.1. The van der Waals surface area contributed by atoms with E-state index in [1.165, 1.54) is 25.7 Å². The normalized spacial score (nSPS) is 12.0. The van der Waals surface area contributed by atoms with Crippen molar-refractivity contribution in [2.24, 2.45) is 0 Å². The first-order valence-corrected chi connectivity index (χ1v) is 14.5. The molecule has 44 heavy (non-hydrogen) atoms. The Morgan fingerprint density at radius 2 is 1.43 bits per heavy atom. The maximum atomic E-state index is 12.8. The van der Waals surface area contributed by atoms with E-state index >= 15 is 0 Å². The summed E-state index contributed by atoms with van der Waals surface area (Å²) in [5, 5.41) is 12.0. The van der Waals surface area contributed by atoms with Crippen LogP contribution < -0.4 is 10.1 Å². The van der Waals surface area contributed by atoms with Crippen molar-refractivity contribution in [3.8, 4) is 28.3 Å². The van der Waals surface area contributed by atoms with Gasteiger partial charge in [0.1, 0.15) is 11.8 Å². The molecule has 10 heteroatoms. The SMILES string of the molecule is CCCCCCCOc1ccc(-c2cnc(-c3ccc(CC(NC(=O)c4ccc(C(F)(F)F)cc4)C(=O)O)cc3)nc2)cc1. The van der Waals surface area contributed by atoms with Crippen LogP contribution in [0.1, 0.15) is 60.5 Å². The number of unbranched alkanes of at least 4 members (excludes halogenated alkanes) is 4. The summed E-state index contributed by atoms with van der Waals surface area (Å²) in [7, 11) is 0. The van der Waals surface area contributed by atoms with Crippen molar-refractivity contribution in [1.82, 2.24) is 15.3 Å². The molecule has 0 radical (unpaired) electrons. The highest BCUT2D eigenvalue weighted by molar-refractivity contribution is 5.96. The molecular formula is C34H34F3N3O4. The third-order valence-corrected chi connectivity index (χ3v) is 7.09. The molecule has 0 saturated carbocycles. The van der Waals surface area contributed by atoms with E-state index in [2.05, 4.69) is 22.2 Å². The molecule has 0 bridgehead atoms. The minimum absolute atomic E-state index is 0.0274. The molecular weight excluding hydrogens is 571 g/mol. The number of aliphatic carboxylic acids is 1. The first-order chi connectivity index (χ1) is 21.1. The van der Waals surface area contributed by atoms with Crippen molar-refractivity contribution in [2.45, 2.75) is 57.7 Å². The van der Waals surface area contributed by atoms with Crippen LogP contribution in [0, 0.1) is 0 Å². The van der Waals surface area contributed by atoms with Gasteiger partial charge in [0.05, 0.1) is 12.2 Å². The number of nitrogens with one attached hydrogen (secondary N) is 1. The average molecular weight is 606 g/mol. The number of carbonyl (C=O) groups is 2. The fraction of sp³-hybridized carbons (Fsp3) is 0.294. The van der Waals surface area contributed by atoms with E-state index in [4.69, 9.17) is 4.74 Å². The molecule has 1 amide bonds. The molecule has 0 saturated heterocycles. The quantitative estimate of drug-likeness (QED) is 0.144. The molecule has 0 aliphatic heterocycles. The molecule has 0 spiro atoms. The maximum absolute atomic E-state index is 12.8. The van der Waals surface area contributed by atoms with Crippen molar-refractivity contribution >= 4 is 11.9 Å². The van der Waals surface area contributed by atoms with Crippen LogP contribution in [0.4, 0.5) is 13.2 Å². The van der Waals surface area contributed by atoms with Crippen molar-refractivity contribution in [1.29, 1.82) is 0 Å². The van der Waals surface area contributed by atoms with Crippen molar-refractivity contribution in [2.75, 3.05) is 6.61 Å². The standard InChI is InChI=1S/C34H34F3N3O4/c1-2-3-4-5-6-19-44-29-17-13-24(14-18-29)27-21-38-31(39-22-27)25-9-7-23(8-10-25)20-30(33(42)43)40-32(41)26-11-15-28(16-12-26)34(35,36)37/h7-18,21-22,30H,2-6,19-20H2,1H3,(H,40,41)(H,42,43). The number of aromatic nitrogens is 2. The summed E-state index contributed by atoms with van der Waals surface area (Å²) < 4.78 is 44.2. The summed E-state index contributed by atoms with van der Waals surface area (Å²) in [5.41, 5.74) is 2.20. The lowest BCUT2D eigenvalue weighted by Gasteiger charge is -2.15. The number of carboxylic acids is 1. The number of benzene rings is 3. The monoisotopic (exact) mass is 605 g/mol. The molecule has 4 rings (SSSR count). The Balaban J connectivity index is 1.32. The van der Waals surface area contributed by atoms with Gasteiger partial charge in [-0.1, -0.05) is 69.0 Å². The molecule has 2 N–H and O–H groups in total. The Morgan fingerprint density at radius 1 is 0.818 bits per heavy atom. The van der Waals surface area contributed by atoms with Gasteiger partial charge in [-0.3, -0.25) is 4.79 Å². The fourth-order valence-corrected chi connectivity index (χ4v) is 4.54. The predicted octanol–water partition coefficient (Wildman–Crippen LogP) is 7.60. The summed E-state index contributed by atoms with van der Waals surface area (Å²) >= 11 is 0. The average Bonchev–Trinajstić information content (AvgIpc) is 3.03. The van der Waals surface area contributed by atoms with Crippen LogP contribution in [0.3, 0.4) is 0 Å². The third-order valence-electron chi connectivity index (χ3n) is 7.09. The lowest BCUT2D eigenvalue weighted by Crippen LogP contribution is -2.42. The Hall–Kier alpha value is -4.73. The van der Waals surface area contributed by atoms with Crippen molar-refractivity contribution in [3.63, 3.8) is 0 Å². The lowest BCUT2D eigenvalue weighted by atomic mass is 10.0. The van der Waals surface area contributed by atoms with Gasteiger partial charge in [0.15, 0.2) is 5.82 Å². The first kappa shape index (κ1) is 32.2. The van der Waals surface area contributed by atoms with Crippen LogP contribution in [0.2, 0.25) is 0 Å². The summed E-state index contributed by atoms with van der Waals surface area (Å²) in [6.45, 7) is 2.90. The number of hydrogen-bond donors (Lipinski definition) is 2. The van der Waals surface area contributed by atoms with Crippen molar-refractivity contribution < 1.29 is 32.6 Å². The van der Waals surface area contributed by atoms with E-state index in [1.54, 1.807) is 36.7 Å².